The zero-order chi connectivity index (χ0) is 18.6. The first-order valence-electron chi connectivity index (χ1n) is 10.2. The molecule has 2 unspecified atom stereocenters. The summed E-state index contributed by atoms with van der Waals surface area (Å²) in [6.45, 7) is 1.48. The summed E-state index contributed by atoms with van der Waals surface area (Å²) in [6.07, 6.45) is 6.95. The van der Waals surface area contributed by atoms with E-state index in [0.717, 1.165) is 17.7 Å². The van der Waals surface area contributed by atoms with E-state index in [0.29, 0.717) is 18.9 Å². The van der Waals surface area contributed by atoms with Gasteiger partial charge in [0.25, 0.3) is 0 Å². The SMILES string of the molecule is Cl.Oc1ccc2c(c1O)CC(C1CCCCC1)OC2CNCc1ccccc1. The highest BCUT2D eigenvalue weighted by Crippen LogP contribution is 2.43. The maximum atomic E-state index is 10.5. The van der Waals surface area contributed by atoms with Gasteiger partial charge in [-0.25, -0.2) is 0 Å². The Labute approximate surface area is 173 Å². The van der Waals surface area contributed by atoms with Crippen molar-refractivity contribution in [2.45, 2.75) is 57.3 Å². The van der Waals surface area contributed by atoms with Crippen molar-refractivity contribution in [1.82, 2.24) is 5.32 Å². The normalized spacial score (nSPS) is 22.3. The van der Waals surface area contributed by atoms with E-state index in [9.17, 15) is 10.2 Å². The summed E-state index contributed by atoms with van der Waals surface area (Å²) < 4.78 is 6.53. The lowest BCUT2D eigenvalue weighted by Gasteiger charge is -2.38. The third-order valence-electron chi connectivity index (χ3n) is 6.07. The van der Waals surface area contributed by atoms with Crippen LogP contribution in [0, 0.1) is 5.92 Å². The van der Waals surface area contributed by atoms with Gasteiger partial charge in [-0.05, 0) is 36.0 Å². The molecule has 1 aliphatic carbocycles. The van der Waals surface area contributed by atoms with Crippen LogP contribution in [-0.2, 0) is 17.7 Å². The molecule has 28 heavy (non-hydrogen) atoms. The molecule has 5 heteroatoms. The lowest BCUT2D eigenvalue weighted by molar-refractivity contribution is -0.0627. The predicted molar refractivity (Wildman–Crippen MR) is 113 cm³/mol. The second-order valence-corrected chi connectivity index (χ2v) is 7.88. The highest BCUT2D eigenvalue weighted by Gasteiger charge is 2.35. The minimum absolute atomic E-state index is 0. The van der Waals surface area contributed by atoms with Crippen LogP contribution in [0.15, 0.2) is 42.5 Å². The topological polar surface area (TPSA) is 61.7 Å². The van der Waals surface area contributed by atoms with Crippen molar-refractivity contribution in [1.29, 1.82) is 0 Å². The Bertz CT molecular complexity index is 762. The van der Waals surface area contributed by atoms with Crippen LogP contribution >= 0.6 is 12.4 Å². The van der Waals surface area contributed by atoms with Gasteiger partial charge in [0.05, 0.1) is 12.2 Å². The molecule has 3 N–H and O–H groups in total. The quantitative estimate of drug-likeness (QED) is 0.623. The third kappa shape index (κ3) is 4.62. The molecule has 2 aromatic rings. The molecule has 0 aromatic heterocycles. The van der Waals surface area contributed by atoms with E-state index < -0.39 is 0 Å². The summed E-state index contributed by atoms with van der Waals surface area (Å²) in [5.74, 6) is 0.545. The minimum atomic E-state index is -0.101. The van der Waals surface area contributed by atoms with E-state index >= 15 is 0 Å². The molecule has 0 saturated heterocycles. The number of nitrogens with one attached hydrogen (secondary N) is 1. The second-order valence-electron chi connectivity index (χ2n) is 7.88. The van der Waals surface area contributed by atoms with Crippen LogP contribution in [0.5, 0.6) is 11.5 Å². The van der Waals surface area contributed by atoms with E-state index in [1.54, 1.807) is 6.07 Å². The molecule has 0 spiro atoms. The van der Waals surface area contributed by atoms with Crippen molar-refractivity contribution in [3.05, 3.63) is 59.2 Å². The van der Waals surface area contributed by atoms with Crippen molar-refractivity contribution in [3.63, 3.8) is 0 Å². The number of rotatable bonds is 5. The summed E-state index contributed by atoms with van der Waals surface area (Å²) in [5.41, 5.74) is 3.10. The first-order valence-corrected chi connectivity index (χ1v) is 10.2. The number of phenols is 2. The first kappa shape index (κ1) is 21.0. The summed E-state index contributed by atoms with van der Waals surface area (Å²) in [6, 6.07) is 13.8. The number of ether oxygens (including phenoxy) is 1. The number of hydrogen-bond donors (Lipinski definition) is 3. The highest BCUT2D eigenvalue weighted by atomic mass is 35.5. The molecule has 1 aliphatic heterocycles. The summed E-state index contributed by atoms with van der Waals surface area (Å²) in [5, 5.41) is 23.9. The van der Waals surface area contributed by atoms with Gasteiger partial charge in [-0.1, -0.05) is 55.7 Å². The number of benzene rings is 2. The number of halogens is 1. The Morgan fingerprint density at radius 3 is 2.46 bits per heavy atom. The fourth-order valence-electron chi connectivity index (χ4n) is 4.57. The van der Waals surface area contributed by atoms with Gasteiger partial charge in [0, 0.05) is 25.1 Å². The number of phenolic OH excluding ortho intramolecular Hbond substituents is 2. The van der Waals surface area contributed by atoms with Crippen molar-refractivity contribution >= 4 is 12.4 Å². The Balaban J connectivity index is 0.00000225. The van der Waals surface area contributed by atoms with Crippen LogP contribution in [0.4, 0.5) is 0 Å². The fraction of sp³-hybridized carbons (Fsp3) is 0.478. The molecule has 2 aliphatic rings. The monoisotopic (exact) mass is 403 g/mol. The van der Waals surface area contributed by atoms with Gasteiger partial charge < -0.3 is 20.3 Å². The first-order chi connectivity index (χ1) is 13.2. The average molecular weight is 404 g/mol. The molecular formula is C23H30ClNO3. The van der Waals surface area contributed by atoms with Gasteiger partial charge in [-0.3, -0.25) is 0 Å². The van der Waals surface area contributed by atoms with Crippen LogP contribution in [0.3, 0.4) is 0 Å². The predicted octanol–water partition coefficient (Wildman–Crippen LogP) is 4.87. The lowest BCUT2D eigenvalue weighted by Crippen LogP contribution is -2.37. The molecule has 0 amide bonds. The van der Waals surface area contributed by atoms with Crippen LogP contribution in [-0.4, -0.2) is 22.9 Å². The third-order valence-corrected chi connectivity index (χ3v) is 6.07. The van der Waals surface area contributed by atoms with E-state index in [1.807, 2.05) is 24.3 Å². The summed E-state index contributed by atoms with van der Waals surface area (Å²) in [7, 11) is 0. The number of aromatic hydroxyl groups is 2. The van der Waals surface area contributed by atoms with Crippen LogP contribution in [0.2, 0.25) is 0 Å². The van der Waals surface area contributed by atoms with Crippen molar-refractivity contribution in [2.24, 2.45) is 5.92 Å². The molecule has 2 aromatic carbocycles. The van der Waals surface area contributed by atoms with Gasteiger partial charge in [0.2, 0.25) is 0 Å². The fourth-order valence-corrected chi connectivity index (χ4v) is 4.57. The van der Waals surface area contributed by atoms with Gasteiger partial charge in [0.1, 0.15) is 0 Å². The van der Waals surface area contributed by atoms with Gasteiger partial charge >= 0.3 is 0 Å². The Kier molecular flexibility index (Phi) is 7.22. The van der Waals surface area contributed by atoms with Gasteiger partial charge in [-0.2, -0.15) is 0 Å². The van der Waals surface area contributed by atoms with E-state index in [-0.39, 0.29) is 36.1 Å². The average Bonchev–Trinajstić information content (AvgIpc) is 2.72. The Morgan fingerprint density at radius 2 is 1.71 bits per heavy atom. The molecule has 1 fully saturated rings. The molecule has 2 atom stereocenters. The van der Waals surface area contributed by atoms with Crippen LogP contribution in [0.25, 0.3) is 0 Å². The molecular weight excluding hydrogens is 374 g/mol. The second kappa shape index (κ2) is 9.64. The molecule has 1 heterocycles. The summed E-state index contributed by atoms with van der Waals surface area (Å²) in [4.78, 5) is 0. The molecule has 4 nitrogen and oxygen atoms in total. The molecule has 1 saturated carbocycles. The maximum absolute atomic E-state index is 10.5. The molecule has 152 valence electrons. The molecule has 4 rings (SSSR count). The smallest absolute Gasteiger partial charge is 0.161 e. The standard InChI is InChI=1S/C23H29NO3.ClH/c25-20-12-11-18-19(23(20)26)13-21(17-9-5-2-6-10-17)27-22(18)15-24-14-16-7-3-1-4-8-16;/h1,3-4,7-8,11-12,17,21-22,24-26H,2,5-6,9-10,13-15H2;1H. The molecule has 0 bridgehead atoms. The van der Waals surface area contributed by atoms with E-state index in [2.05, 4.69) is 17.4 Å². The largest absolute Gasteiger partial charge is 0.504 e. The van der Waals surface area contributed by atoms with Crippen LogP contribution < -0.4 is 5.32 Å². The Morgan fingerprint density at radius 1 is 0.964 bits per heavy atom. The molecule has 0 radical (unpaired) electrons. The lowest BCUT2D eigenvalue weighted by atomic mass is 9.80. The maximum Gasteiger partial charge on any atom is 0.161 e. The number of hydrogen-bond acceptors (Lipinski definition) is 4. The van der Waals surface area contributed by atoms with Gasteiger partial charge in [-0.15, -0.1) is 12.4 Å². The van der Waals surface area contributed by atoms with Crippen molar-refractivity contribution in [2.75, 3.05) is 6.54 Å². The van der Waals surface area contributed by atoms with Crippen molar-refractivity contribution in [3.8, 4) is 11.5 Å². The van der Waals surface area contributed by atoms with Crippen LogP contribution in [0.1, 0.15) is 54.9 Å². The zero-order valence-corrected chi connectivity index (χ0v) is 17.0. The van der Waals surface area contributed by atoms with E-state index in [1.165, 1.54) is 37.7 Å². The van der Waals surface area contributed by atoms with Gasteiger partial charge in [0.15, 0.2) is 11.5 Å². The minimum Gasteiger partial charge on any atom is -0.504 e. The summed E-state index contributed by atoms with van der Waals surface area (Å²) >= 11 is 0. The zero-order valence-electron chi connectivity index (χ0n) is 16.1. The number of fused-ring (bicyclic) bond motifs is 1. The Hall–Kier alpha value is -1.75. The highest BCUT2D eigenvalue weighted by molar-refractivity contribution is 5.85. The van der Waals surface area contributed by atoms with E-state index in [4.69, 9.17) is 4.74 Å². The van der Waals surface area contributed by atoms with Crippen molar-refractivity contribution < 1.29 is 14.9 Å².